The predicted molar refractivity (Wildman–Crippen MR) is 44.4 cm³/mol. The number of halogens is 3. The van der Waals surface area contributed by atoms with Gasteiger partial charge >= 0.3 is 6.18 Å². The highest BCUT2D eigenvalue weighted by atomic mass is 19.4. The SMILES string of the molecule is Cc1ccc(OCC(F)(F)F)c(O)c1. The van der Waals surface area contributed by atoms with E-state index in [1.54, 1.807) is 13.0 Å². The van der Waals surface area contributed by atoms with Crippen LogP contribution in [0.1, 0.15) is 5.56 Å². The number of hydrogen-bond donors (Lipinski definition) is 1. The quantitative estimate of drug-likeness (QED) is 0.805. The summed E-state index contributed by atoms with van der Waals surface area (Å²) in [5, 5.41) is 9.20. The molecule has 0 aliphatic rings. The van der Waals surface area contributed by atoms with Gasteiger partial charge in [0.25, 0.3) is 0 Å². The Hall–Kier alpha value is -1.39. The summed E-state index contributed by atoms with van der Waals surface area (Å²) in [4.78, 5) is 0. The Morgan fingerprint density at radius 1 is 1.36 bits per heavy atom. The standard InChI is InChI=1S/C9H9F3O2/c1-6-2-3-8(7(13)4-6)14-5-9(10,11)12/h2-4,13H,5H2,1H3. The lowest BCUT2D eigenvalue weighted by Crippen LogP contribution is -2.19. The number of aryl methyl sites for hydroxylation is 1. The van der Waals surface area contributed by atoms with Gasteiger partial charge in [0.15, 0.2) is 18.1 Å². The molecule has 0 amide bonds. The first-order valence-corrected chi connectivity index (χ1v) is 3.87. The van der Waals surface area contributed by atoms with Crippen LogP contribution in [0.15, 0.2) is 18.2 Å². The molecule has 0 fully saturated rings. The Kier molecular flexibility index (Phi) is 2.88. The fourth-order valence-electron chi connectivity index (χ4n) is 0.909. The first-order chi connectivity index (χ1) is 6.38. The first-order valence-electron chi connectivity index (χ1n) is 3.87. The van der Waals surface area contributed by atoms with Gasteiger partial charge in [-0.25, -0.2) is 0 Å². The summed E-state index contributed by atoms with van der Waals surface area (Å²) in [7, 11) is 0. The molecule has 2 nitrogen and oxygen atoms in total. The van der Waals surface area contributed by atoms with Crippen molar-refractivity contribution in [2.45, 2.75) is 13.1 Å². The number of aromatic hydroxyl groups is 1. The zero-order valence-electron chi connectivity index (χ0n) is 7.43. The second-order valence-electron chi connectivity index (χ2n) is 2.88. The molecule has 0 aromatic heterocycles. The summed E-state index contributed by atoms with van der Waals surface area (Å²) < 4.78 is 39.6. The van der Waals surface area contributed by atoms with E-state index >= 15 is 0 Å². The van der Waals surface area contributed by atoms with Gasteiger partial charge < -0.3 is 9.84 Å². The molecule has 0 spiro atoms. The van der Waals surface area contributed by atoms with E-state index in [2.05, 4.69) is 4.74 Å². The van der Waals surface area contributed by atoms with Crippen LogP contribution in [0.25, 0.3) is 0 Å². The van der Waals surface area contributed by atoms with Crippen LogP contribution in [0.5, 0.6) is 11.5 Å². The van der Waals surface area contributed by atoms with Crippen LogP contribution < -0.4 is 4.74 Å². The third-order valence-electron chi connectivity index (χ3n) is 1.51. The number of rotatable bonds is 2. The summed E-state index contributed by atoms with van der Waals surface area (Å²) in [6.07, 6.45) is -4.39. The van der Waals surface area contributed by atoms with E-state index < -0.39 is 12.8 Å². The van der Waals surface area contributed by atoms with E-state index in [1.807, 2.05) is 0 Å². The number of benzene rings is 1. The lowest BCUT2D eigenvalue weighted by Gasteiger charge is -2.10. The van der Waals surface area contributed by atoms with Gasteiger partial charge in [-0.2, -0.15) is 13.2 Å². The van der Waals surface area contributed by atoms with Crippen molar-refractivity contribution in [1.29, 1.82) is 0 Å². The van der Waals surface area contributed by atoms with Gasteiger partial charge in [-0.3, -0.25) is 0 Å². The van der Waals surface area contributed by atoms with E-state index in [0.717, 1.165) is 5.56 Å². The minimum absolute atomic E-state index is 0.159. The molecule has 0 saturated carbocycles. The van der Waals surface area contributed by atoms with Crippen LogP contribution in [0, 0.1) is 6.92 Å². The van der Waals surface area contributed by atoms with Crippen LogP contribution >= 0.6 is 0 Å². The molecule has 0 aliphatic heterocycles. The smallest absolute Gasteiger partial charge is 0.422 e. The predicted octanol–water partition coefficient (Wildman–Crippen LogP) is 2.64. The van der Waals surface area contributed by atoms with E-state index in [9.17, 15) is 18.3 Å². The average Bonchev–Trinajstić information content (AvgIpc) is 2.00. The monoisotopic (exact) mass is 206 g/mol. The summed E-state index contributed by atoms with van der Waals surface area (Å²) >= 11 is 0. The largest absolute Gasteiger partial charge is 0.504 e. The molecule has 1 N–H and O–H groups in total. The highest BCUT2D eigenvalue weighted by molar-refractivity contribution is 5.41. The Labute approximate surface area is 78.9 Å². The molecule has 14 heavy (non-hydrogen) atoms. The van der Waals surface area contributed by atoms with Gasteiger partial charge in [0.2, 0.25) is 0 Å². The highest BCUT2D eigenvalue weighted by Crippen LogP contribution is 2.28. The zero-order valence-corrected chi connectivity index (χ0v) is 7.43. The third-order valence-corrected chi connectivity index (χ3v) is 1.51. The zero-order chi connectivity index (χ0) is 10.8. The van der Waals surface area contributed by atoms with Gasteiger partial charge in [-0.05, 0) is 24.6 Å². The van der Waals surface area contributed by atoms with Crippen LogP contribution in [-0.4, -0.2) is 17.9 Å². The van der Waals surface area contributed by atoms with Gasteiger partial charge in [-0.1, -0.05) is 6.07 Å². The van der Waals surface area contributed by atoms with Gasteiger partial charge in [0.05, 0.1) is 0 Å². The fraction of sp³-hybridized carbons (Fsp3) is 0.333. The van der Waals surface area contributed by atoms with Crippen molar-refractivity contribution in [3.8, 4) is 11.5 Å². The average molecular weight is 206 g/mol. The Morgan fingerprint density at radius 2 is 2.00 bits per heavy atom. The van der Waals surface area contributed by atoms with Gasteiger partial charge in [0.1, 0.15) is 0 Å². The van der Waals surface area contributed by atoms with Crippen molar-refractivity contribution in [1.82, 2.24) is 0 Å². The molecule has 78 valence electrons. The molecule has 1 rings (SSSR count). The molecule has 0 saturated heterocycles. The van der Waals surface area contributed by atoms with Crippen molar-refractivity contribution in [2.75, 3.05) is 6.61 Å². The van der Waals surface area contributed by atoms with Crippen LogP contribution in [0.4, 0.5) is 13.2 Å². The Balaban J connectivity index is 2.68. The fourth-order valence-corrected chi connectivity index (χ4v) is 0.909. The third kappa shape index (κ3) is 3.16. The molecular formula is C9H9F3O2. The summed E-state index contributed by atoms with van der Waals surface area (Å²) in [6.45, 7) is 0.316. The molecular weight excluding hydrogens is 197 g/mol. The Bertz CT molecular complexity index is 320. The van der Waals surface area contributed by atoms with Gasteiger partial charge in [0, 0.05) is 0 Å². The molecule has 5 heteroatoms. The lowest BCUT2D eigenvalue weighted by molar-refractivity contribution is -0.153. The van der Waals surface area contributed by atoms with Crippen molar-refractivity contribution in [3.05, 3.63) is 23.8 Å². The van der Waals surface area contributed by atoms with Crippen molar-refractivity contribution < 1.29 is 23.0 Å². The minimum Gasteiger partial charge on any atom is -0.504 e. The molecule has 0 bridgehead atoms. The maximum Gasteiger partial charge on any atom is 0.422 e. The van der Waals surface area contributed by atoms with E-state index in [-0.39, 0.29) is 11.5 Å². The lowest BCUT2D eigenvalue weighted by atomic mass is 10.2. The number of ether oxygens (including phenoxy) is 1. The first kappa shape index (κ1) is 10.7. The normalized spacial score (nSPS) is 11.4. The number of phenols is 1. The van der Waals surface area contributed by atoms with Crippen LogP contribution in [0.3, 0.4) is 0 Å². The van der Waals surface area contributed by atoms with Crippen LogP contribution in [-0.2, 0) is 0 Å². The Morgan fingerprint density at radius 3 is 2.50 bits per heavy atom. The minimum atomic E-state index is -4.39. The maximum absolute atomic E-state index is 11.7. The molecule has 0 radical (unpaired) electrons. The van der Waals surface area contributed by atoms with Crippen molar-refractivity contribution in [3.63, 3.8) is 0 Å². The van der Waals surface area contributed by atoms with E-state index in [1.165, 1.54) is 12.1 Å². The highest BCUT2D eigenvalue weighted by Gasteiger charge is 2.28. The topological polar surface area (TPSA) is 29.5 Å². The maximum atomic E-state index is 11.7. The summed E-state index contributed by atoms with van der Waals surface area (Å²) in [5.74, 6) is -0.442. The molecule has 0 atom stereocenters. The molecule has 1 aromatic carbocycles. The molecule has 1 aromatic rings. The van der Waals surface area contributed by atoms with Crippen molar-refractivity contribution >= 4 is 0 Å². The molecule has 0 aliphatic carbocycles. The molecule has 0 heterocycles. The second kappa shape index (κ2) is 3.77. The summed E-state index contributed by atoms with van der Waals surface area (Å²) in [5.41, 5.74) is 0.752. The van der Waals surface area contributed by atoms with E-state index in [4.69, 9.17) is 0 Å². The second-order valence-corrected chi connectivity index (χ2v) is 2.88. The molecule has 0 unspecified atom stereocenters. The number of phenolic OH excluding ortho intramolecular Hbond substituents is 1. The van der Waals surface area contributed by atoms with Crippen molar-refractivity contribution in [2.24, 2.45) is 0 Å². The number of hydrogen-bond acceptors (Lipinski definition) is 2. The van der Waals surface area contributed by atoms with Gasteiger partial charge in [-0.15, -0.1) is 0 Å². The van der Waals surface area contributed by atoms with E-state index in [0.29, 0.717) is 0 Å². The summed E-state index contributed by atoms with van der Waals surface area (Å²) in [6, 6.07) is 4.20. The van der Waals surface area contributed by atoms with Crippen LogP contribution in [0.2, 0.25) is 0 Å². The number of alkyl halides is 3.